The van der Waals surface area contributed by atoms with Crippen molar-refractivity contribution in [2.45, 2.75) is 65.0 Å². The second kappa shape index (κ2) is 4.95. The van der Waals surface area contributed by atoms with Gasteiger partial charge in [-0.3, -0.25) is 9.59 Å². The third-order valence-corrected chi connectivity index (χ3v) is 6.34. The van der Waals surface area contributed by atoms with E-state index in [1.807, 2.05) is 20.8 Å². The van der Waals surface area contributed by atoms with Gasteiger partial charge in [0.05, 0.1) is 0 Å². The van der Waals surface area contributed by atoms with Crippen molar-refractivity contribution in [2.24, 2.45) is 16.2 Å². The van der Waals surface area contributed by atoms with E-state index in [0.29, 0.717) is 24.8 Å². The third kappa shape index (κ3) is 2.34. The summed E-state index contributed by atoms with van der Waals surface area (Å²) in [7, 11) is 0. The zero-order valence-electron chi connectivity index (χ0n) is 14.1. The lowest BCUT2D eigenvalue weighted by molar-refractivity contribution is -0.150. The Morgan fingerprint density at radius 1 is 1.30 bits per heavy atom. The number of nitrogens with one attached hydrogen (secondary N) is 1. The molecule has 0 radical (unpaired) electrons. The minimum absolute atomic E-state index is 0.00752. The van der Waals surface area contributed by atoms with Crippen LogP contribution >= 0.6 is 0 Å². The Hall–Kier alpha value is -1.59. The maximum absolute atomic E-state index is 13.0. The number of carboxylic acids is 1. The Morgan fingerprint density at radius 3 is 2.35 bits per heavy atom. The first-order chi connectivity index (χ1) is 10.7. The van der Waals surface area contributed by atoms with Crippen LogP contribution < -0.4 is 5.32 Å². The fourth-order valence-electron chi connectivity index (χ4n) is 4.79. The van der Waals surface area contributed by atoms with Crippen LogP contribution in [0.3, 0.4) is 0 Å². The number of aliphatic carboxylic acids is 1. The summed E-state index contributed by atoms with van der Waals surface area (Å²) in [6.45, 7) is 6.14. The molecule has 1 saturated heterocycles. The fraction of sp³-hybridized carbons (Fsp3) is 0.824. The molecule has 1 aliphatic heterocycles. The maximum Gasteiger partial charge on any atom is 0.326 e. The number of carbonyl (C=O) groups is 3. The van der Waals surface area contributed by atoms with Gasteiger partial charge in [-0.25, -0.2) is 4.79 Å². The topological polar surface area (TPSA) is 86.7 Å². The molecule has 2 N–H and O–H groups in total. The minimum atomic E-state index is -0.935. The molecular formula is C17H26N2O4. The quantitative estimate of drug-likeness (QED) is 0.766. The molecule has 3 atom stereocenters. The van der Waals surface area contributed by atoms with Crippen LogP contribution in [0.4, 0.5) is 0 Å². The van der Waals surface area contributed by atoms with E-state index in [0.717, 1.165) is 19.3 Å². The van der Waals surface area contributed by atoms with E-state index in [1.165, 1.54) is 11.3 Å². The molecule has 2 amide bonds. The summed E-state index contributed by atoms with van der Waals surface area (Å²) < 4.78 is 0. The average molecular weight is 322 g/mol. The van der Waals surface area contributed by atoms with Gasteiger partial charge in [-0.1, -0.05) is 27.2 Å². The standard InChI is InChI=1S/C17H26N2O4/c1-15(2,3)12(18-10-20)13(21)19-9-17(7-11(19)14(22)23)8-16(17)5-4-6-16/h10-12H,4-9H2,1-3H3,(H,18,20)(H,22,23). The fourth-order valence-corrected chi connectivity index (χ4v) is 4.79. The second-order valence-corrected chi connectivity index (χ2v) is 8.70. The van der Waals surface area contributed by atoms with Gasteiger partial charge in [0.2, 0.25) is 12.3 Å². The molecule has 0 aromatic carbocycles. The van der Waals surface area contributed by atoms with Crippen LogP contribution in [0.15, 0.2) is 0 Å². The largest absolute Gasteiger partial charge is 0.480 e. The molecule has 3 fully saturated rings. The lowest BCUT2D eigenvalue weighted by Crippen LogP contribution is -2.55. The van der Waals surface area contributed by atoms with Crippen molar-refractivity contribution in [3.8, 4) is 0 Å². The normalized spacial score (nSPS) is 32.5. The number of amides is 2. The summed E-state index contributed by atoms with van der Waals surface area (Å²) in [6.07, 6.45) is 5.68. The van der Waals surface area contributed by atoms with Crippen LogP contribution in [0, 0.1) is 16.2 Å². The Balaban J connectivity index is 1.83. The Morgan fingerprint density at radius 2 is 1.96 bits per heavy atom. The molecule has 128 valence electrons. The van der Waals surface area contributed by atoms with Crippen molar-refractivity contribution in [1.82, 2.24) is 10.2 Å². The number of fused-ring (bicyclic) bond motifs is 1. The molecule has 1 heterocycles. The summed E-state index contributed by atoms with van der Waals surface area (Å²) in [5.74, 6) is -1.20. The van der Waals surface area contributed by atoms with Gasteiger partial charge < -0.3 is 15.3 Å². The Bertz CT molecular complexity index is 549. The van der Waals surface area contributed by atoms with Gasteiger partial charge in [-0.15, -0.1) is 0 Å². The first-order valence-electron chi connectivity index (χ1n) is 8.39. The highest BCUT2D eigenvalue weighted by atomic mass is 16.4. The monoisotopic (exact) mass is 322 g/mol. The molecule has 2 aliphatic carbocycles. The van der Waals surface area contributed by atoms with Gasteiger partial charge in [0.15, 0.2) is 0 Å². The number of likely N-dealkylation sites (tertiary alicyclic amines) is 1. The number of hydrogen-bond acceptors (Lipinski definition) is 3. The van der Waals surface area contributed by atoms with Gasteiger partial charge in [0, 0.05) is 6.54 Å². The molecule has 0 aromatic heterocycles. The molecule has 6 heteroatoms. The molecule has 3 unspecified atom stereocenters. The zero-order chi connectivity index (χ0) is 17.0. The van der Waals surface area contributed by atoms with E-state index in [9.17, 15) is 19.5 Å². The van der Waals surface area contributed by atoms with Crippen LogP contribution in [0.5, 0.6) is 0 Å². The Labute approximate surface area is 136 Å². The van der Waals surface area contributed by atoms with E-state index in [-0.39, 0.29) is 11.3 Å². The average Bonchev–Trinajstić information content (AvgIpc) is 2.89. The number of hydrogen-bond donors (Lipinski definition) is 2. The van der Waals surface area contributed by atoms with Crippen LogP contribution in [-0.4, -0.2) is 46.9 Å². The second-order valence-electron chi connectivity index (χ2n) is 8.70. The SMILES string of the molecule is CC(C)(C)C(NC=O)C(=O)N1CC2(CC1C(=O)O)CC21CCC1. The number of rotatable bonds is 4. The molecule has 23 heavy (non-hydrogen) atoms. The number of carbonyl (C=O) groups excluding carboxylic acids is 2. The number of carboxylic acid groups (broad SMARTS) is 1. The van der Waals surface area contributed by atoms with Gasteiger partial charge in [0.1, 0.15) is 12.1 Å². The first-order valence-corrected chi connectivity index (χ1v) is 8.39. The summed E-state index contributed by atoms with van der Waals surface area (Å²) in [6, 6.07) is -1.46. The molecule has 3 aliphatic rings. The van der Waals surface area contributed by atoms with Crippen molar-refractivity contribution in [3.05, 3.63) is 0 Å². The summed E-state index contributed by atoms with van der Waals surface area (Å²) >= 11 is 0. The van der Waals surface area contributed by atoms with Crippen molar-refractivity contribution in [2.75, 3.05) is 6.54 Å². The van der Waals surface area contributed by atoms with E-state index in [4.69, 9.17) is 0 Å². The molecule has 2 saturated carbocycles. The molecule has 6 nitrogen and oxygen atoms in total. The predicted molar refractivity (Wildman–Crippen MR) is 83.5 cm³/mol. The van der Waals surface area contributed by atoms with Gasteiger partial charge in [-0.05, 0) is 41.9 Å². The summed E-state index contributed by atoms with van der Waals surface area (Å²) in [4.78, 5) is 37.1. The van der Waals surface area contributed by atoms with Crippen LogP contribution in [0.2, 0.25) is 0 Å². The Kier molecular flexibility index (Phi) is 3.50. The van der Waals surface area contributed by atoms with Gasteiger partial charge >= 0.3 is 5.97 Å². The van der Waals surface area contributed by atoms with Crippen LogP contribution in [-0.2, 0) is 14.4 Å². The lowest BCUT2D eigenvalue weighted by Gasteiger charge is -2.34. The summed E-state index contributed by atoms with van der Waals surface area (Å²) in [5.41, 5.74) is -0.160. The molecule has 0 aromatic rings. The highest BCUT2D eigenvalue weighted by Crippen LogP contribution is 2.77. The lowest BCUT2D eigenvalue weighted by atomic mass is 9.74. The zero-order valence-corrected chi connectivity index (χ0v) is 14.1. The van der Waals surface area contributed by atoms with Gasteiger partial charge in [-0.2, -0.15) is 0 Å². The van der Waals surface area contributed by atoms with Crippen molar-refractivity contribution in [1.29, 1.82) is 0 Å². The van der Waals surface area contributed by atoms with Crippen LogP contribution in [0.1, 0.15) is 52.9 Å². The van der Waals surface area contributed by atoms with E-state index < -0.39 is 23.5 Å². The molecule has 2 spiro atoms. The van der Waals surface area contributed by atoms with Crippen molar-refractivity contribution >= 4 is 18.3 Å². The third-order valence-electron chi connectivity index (χ3n) is 6.34. The highest BCUT2D eigenvalue weighted by molar-refractivity contribution is 5.89. The molecule has 0 bridgehead atoms. The minimum Gasteiger partial charge on any atom is -0.480 e. The number of nitrogens with zero attached hydrogens (tertiary/aromatic N) is 1. The summed E-state index contributed by atoms with van der Waals surface area (Å²) in [5, 5.41) is 12.2. The maximum atomic E-state index is 13.0. The van der Waals surface area contributed by atoms with E-state index in [1.54, 1.807) is 0 Å². The van der Waals surface area contributed by atoms with E-state index >= 15 is 0 Å². The molecular weight excluding hydrogens is 296 g/mol. The molecule has 3 rings (SSSR count). The van der Waals surface area contributed by atoms with Crippen LogP contribution in [0.25, 0.3) is 0 Å². The van der Waals surface area contributed by atoms with Gasteiger partial charge in [0.25, 0.3) is 0 Å². The van der Waals surface area contributed by atoms with E-state index in [2.05, 4.69) is 5.32 Å². The van der Waals surface area contributed by atoms with Crippen molar-refractivity contribution < 1.29 is 19.5 Å². The van der Waals surface area contributed by atoms with Crippen molar-refractivity contribution in [3.63, 3.8) is 0 Å². The highest BCUT2D eigenvalue weighted by Gasteiger charge is 2.73. The first kappa shape index (κ1) is 16.3. The predicted octanol–water partition coefficient (Wildman–Crippen LogP) is 1.39. The smallest absolute Gasteiger partial charge is 0.326 e.